The van der Waals surface area contributed by atoms with Gasteiger partial charge in [-0.25, -0.2) is 0 Å². The number of rotatable bonds is 4. The topological polar surface area (TPSA) is 82.8 Å². The minimum absolute atomic E-state index is 0.259. The highest BCUT2D eigenvalue weighted by Crippen LogP contribution is 2.15. The molecule has 15 heavy (non-hydrogen) atoms. The summed E-state index contributed by atoms with van der Waals surface area (Å²) < 4.78 is 6.80. The summed E-state index contributed by atoms with van der Waals surface area (Å²) in [4.78, 5) is 4.15. The van der Waals surface area contributed by atoms with E-state index in [4.69, 9.17) is 10.3 Å². The lowest BCUT2D eigenvalue weighted by molar-refractivity contribution is 0.380. The molecule has 0 bridgehead atoms. The van der Waals surface area contributed by atoms with E-state index < -0.39 is 0 Å². The molecule has 80 valence electrons. The summed E-state index contributed by atoms with van der Waals surface area (Å²) in [7, 11) is 0. The zero-order valence-corrected chi connectivity index (χ0v) is 8.55. The van der Waals surface area contributed by atoms with Crippen molar-refractivity contribution < 1.29 is 4.52 Å². The van der Waals surface area contributed by atoms with Crippen LogP contribution >= 0.6 is 0 Å². The Kier molecular flexibility index (Phi) is 2.77. The highest BCUT2D eigenvalue weighted by Gasteiger charge is 2.11. The molecule has 0 spiro atoms. The second-order valence-electron chi connectivity index (χ2n) is 3.16. The van der Waals surface area contributed by atoms with Gasteiger partial charge in [-0.3, -0.25) is 4.68 Å². The summed E-state index contributed by atoms with van der Waals surface area (Å²) >= 11 is 0. The molecule has 0 aliphatic rings. The number of hydrogen-bond donors (Lipinski definition) is 1. The minimum atomic E-state index is 0.259. The molecular formula is C9H13N5O. The molecule has 2 aromatic heterocycles. The molecule has 0 aromatic carbocycles. The van der Waals surface area contributed by atoms with Crippen molar-refractivity contribution in [1.82, 2.24) is 19.9 Å². The van der Waals surface area contributed by atoms with Gasteiger partial charge in [-0.15, -0.1) is 0 Å². The standard InChI is InChI=1S/C9H13N5O/c1-2-5-14-7(3-4-11-14)9-12-8(6-10)15-13-9/h3-4H,2,5-6,10H2,1H3. The molecule has 0 saturated carbocycles. The van der Waals surface area contributed by atoms with Crippen LogP contribution in [-0.4, -0.2) is 19.9 Å². The molecular weight excluding hydrogens is 194 g/mol. The van der Waals surface area contributed by atoms with Crippen LogP contribution in [0.15, 0.2) is 16.8 Å². The third-order valence-electron chi connectivity index (χ3n) is 2.02. The van der Waals surface area contributed by atoms with E-state index in [1.54, 1.807) is 6.20 Å². The number of aromatic nitrogens is 4. The Labute approximate surface area is 87.1 Å². The van der Waals surface area contributed by atoms with Crippen LogP contribution < -0.4 is 5.73 Å². The van der Waals surface area contributed by atoms with E-state index in [-0.39, 0.29) is 6.54 Å². The van der Waals surface area contributed by atoms with Crippen molar-refractivity contribution in [3.05, 3.63) is 18.2 Å². The predicted molar refractivity (Wildman–Crippen MR) is 53.7 cm³/mol. The molecule has 6 nitrogen and oxygen atoms in total. The highest BCUT2D eigenvalue weighted by atomic mass is 16.5. The average molecular weight is 207 g/mol. The number of aryl methyl sites for hydroxylation is 1. The predicted octanol–water partition coefficient (Wildman–Crippen LogP) is 0.802. The molecule has 0 aliphatic carbocycles. The maximum absolute atomic E-state index is 5.39. The van der Waals surface area contributed by atoms with Crippen LogP contribution in [0.25, 0.3) is 11.5 Å². The Morgan fingerprint density at radius 3 is 3.07 bits per heavy atom. The number of nitrogens with two attached hydrogens (primary N) is 1. The minimum Gasteiger partial charge on any atom is -0.338 e. The average Bonchev–Trinajstić information content (AvgIpc) is 2.85. The lowest BCUT2D eigenvalue weighted by Gasteiger charge is -2.00. The fourth-order valence-electron chi connectivity index (χ4n) is 1.35. The summed E-state index contributed by atoms with van der Waals surface area (Å²) in [6.07, 6.45) is 2.74. The fourth-order valence-corrected chi connectivity index (χ4v) is 1.35. The normalized spacial score (nSPS) is 10.8. The summed E-state index contributed by atoms with van der Waals surface area (Å²) in [6.45, 7) is 3.19. The van der Waals surface area contributed by atoms with E-state index in [9.17, 15) is 0 Å². The van der Waals surface area contributed by atoms with Crippen LogP contribution in [0, 0.1) is 0 Å². The molecule has 0 atom stereocenters. The van der Waals surface area contributed by atoms with Gasteiger partial charge in [0.05, 0.1) is 6.54 Å². The summed E-state index contributed by atoms with van der Waals surface area (Å²) in [5, 5.41) is 8.03. The van der Waals surface area contributed by atoms with Gasteiger partial charge in [0.25, 0.3) is 0 Å². The Morgan fingerprint density at radius 1 is 1.53 bits per heavy atom. The monoisotopic (exact) mass is 207 g/mol. The van der Waals surface area contributed by atoms with Crippen LogP contribution in [0.4, 0.5) is 0 Å². The van der Waals surface area contributed by atoms with Crippen LogP contribution in [0.3, 0.4) is 0 Å². The molecule has 2 N–H and O–H groups in total. The second-order valence-corrected chi connectivity index (χ2v) is 3.16. The quantitative estimate of drug-likeness (QED) is 0.801. The first-order valence-electron chi connectivity index (χ1n) is 4.90. The van der Waals surface area contributed by atoms with Gasteiger partial charge >= 0.3 is 0 Å². The van der Waals surface area contributed by atoms with Crippen LogP contribution in [0.2, 0.25) is 0 Å². The molecule has 0 radical (unpaired) electrons. The SMILES string of the molecule is CCCn1nccc1-c1noc(CN)n1. The molecule has 0 aliphatic heterocycles. The third-order valence-corrected chi connectivity index (χ3v) is 2.02. The van der Waals surface area contributed by atoms with E-state index in [2.05, 4.69) is 22.2 Å². The van der Waals surface area contributed by atoms with E-state index in [0.717, 1.165) is 18.7 Å². The maximum atomic E-state index is 5.39. The molecule has 2 rings (SSSR count). The molecule has 0 fully saturated rings. The van der Waals surface area contributed by atoms with E-state index in [0.29, 0.717) is 11.7 Å². The van der Waals surface area contributed by atoms with Gasteiger partial charge in [-0.2, -0.15) is 10.1 Å². The number of nitrogens with zero attached hydrogens (tertiary/aromatic N) is 4. The van der Waals surface area contributed by atoms with Crippen molar-refractivity contribution in [2.45, 2.75) is 26.4 Å². The van der Waals surface area contributed by atoms with E-state index in [1.165, 1.54) is 0 Å². The first-order valence-corrected chi connectivity index (χ1v) is 4.90. The van der Waals surface area contributed by atoms with Crippen molar-refractivity contribution in [1.29, 1.82) is 0 Å². The molecule has 0 unspecified atom stereocenters. The second kappa shape index (κ2) is 4.22. The van der Waals surface area contributed by atoms with Crippen molar-refractivity contribution in [3.63, 3.8) is 0 Å². The largest absolute Gasteiger partial charge is 0.338 e. The van der Waals surface area contributed by atoms with Crippen LogP contribution in [0.1, 0.15) is 19.2 Å². The van der Waals surface area contributed by atoms with Crippen molar-refractivity contribution in [2.75, 3.05) is 0 Å². The van der Waals surface area contributed by atoms with Crippen molar-refractivity contribution in [2.24, 2.45) is 5.73 Å². The Morgan fingerprint density at radius 2 is 2.40 bits per heavy atom. The van der Waals surface area contributed by atoms with Crippen LogP contribution in [-0.2, 0) is 13.1 Å². The van der Waals surface area contributed by atoms with E-state index in [1.807, 2.05) is 10.7 Å². The van der Waals surface area contributed by atoms with Crippen molar-refractivity contribution >= 4 is 0 Å². The lowest BCUT2D eigenvalue weighted by Crippen LogP contribution is -2.02. The fraction of sp³-hybridized carbons (Fsp3) is 0.444. The molecule has 6 heteroatoms. The van der Waals surface area contributed by atoms with Gasteiger partial charge in [0, 0.05) is 12.7 Å². The smallest absolute Gasteiger partial charge is 0.240 e. The summed E-state index contributed by atoms with van der Waals surface area (Å²) in [5.74, 6) is 0.982. The van der Waals surface area contributed by atoms with E-state index >= 15 is 0 Å². The molecule has 0 saturated heterocycles. The Hall–Kier alpha value is -1.69. The number of hydrogen-bond acceptors (Lipinski definition) is 5. The maximum Gasteiger partial charge on any atom is 0.240 e. The van der Waals surface area contributed by atoms with Gasteiger partial charge in [0.2, 0.25) is 11.7 Å². The van der Waals surface area contributed by atoms with Gasteiger partial charge in [0.1, 0.15) is 5.69 Å². The highest BCUT2D eigenvalue weighted by molar-refractivity contribution is 5.47. The third kappa shape index (κ3) is 1.89. The molecule has 2 aromatic rings. The first kappa shape index (κ1) is 9.85. The van der Waals surface area contributed by atoms with Gasteiger partial charge in [-0.05, 0) is 12.5 Å². The Balaban J connectivity index is 2.31. The summed E-state index contributed by atoms with van der Waals surface area (Å²) in [6, 6.07) is 1.86. The lowest BCUT2D eigenvalue weighted by atomic mass is 10.4. The van der Waals surface area contributed by atoms with Crippen molar-refractivity contribution in [3.8, 4) is 11.5 Å². The molecule has 0 amide bonds. The first-order chi connectivity index (χ1) is 7.35. The summed E-state index contributed by atoms with van der Waals surface area (Å²) in [5.41, 5.74) is 6.26. The molecule has 2 heterocycles. The Bertz CT molecular complexity index is 433. The zero-order chi connectivity index (χ0) is 10.7. The zero-order valence-electron chi connectivity index (χ0n) is 8.55. The van der Waals surface area contributed by atoms with Gasteiger partial charge in [-0.1, -0.05) is 12.1 Å². The van der Waals surface area contributed by atoms with Crippen LogP contribution in [0.5, 0.6) is 0 Å². The van der Waals surface area contributed by atoms with Gasteiger partial charge < -0.3 is 10.3 Å². The van der Waals surface area contributed by atoms with Gasteiger partial charge in [0.15, 0.2) is 0 Å².